The van der Waals surface area contributed by atoms with Crippen molar-refractivity contribution < 1.29 is 18.8 Å². The Morgan fingerprint density at radius 3 is 2.30 bits per heavy atom. The molecule has 0 saturated heterocycles. The third kappa shape index (κ3) is 6.18. The minimum Gasteiger partial charge on any atom is -0.354 e. The Balaban J connectivity index is 1.69. The molecule has 5 nitrogen and oxygen atoms in total. The fourth-order valence-electron chi connectivity index (χ4n) is 2.38. The summed E-state index contributed by atoms with van der Waals surface area (Å²) in [6.07, 6.45) is 0.159. The number of ketones is 1. The minimum atomic E-state index is -0.710. The number of amides is 2. The first-order chi connectivity index (χ1) is 12.9. The molecular formula is C20H20ClFN2O3. The molecule has 2 amide bonds. The molecule has 142 valence electrons. The maximum atomic E-state index is 13.6. The van der Waals surface area contributed by atoms with E-state index in [4.69, 9.17) is 11.6 Å². The van der Waals surface area contributed by atoms with Gasteiger partial charge < -0.3 is 10.6 Å². The van der Waals surface area contributed by atoms with E-state index in [0.717, 1.165) is 11.6 Å². The van der Waals surface area contributed by atoms with Gasteiger partial charge >= 0.3 is 0 Å². The molecule has 0 saturated carbocycles. The third-order valence-corrected chi connectivity index (χ3v) is 4.19. The molecule has 0 aliphatic rings. The van der Waals surface area contributed by atoms with Crippen LogP contribution in [0.4, 0.5) is 4.39 Å². The highest BCUT2D eigenvalue weighted by molar-refractivity contribution is 6.33. The van der Waals surface area contributed by atoms with Gasteiger partial charge in [-0.25, -0.2) is 4.39 Å². The molecule has 2 aromatic rings. The summed E-state index contributed by atoms with van der Waals surface area (Å²) in [6, 6.07) is 11.1. The topological polar surface area (TPSA) is 75.3 Å². The van der Waals surface area contributed by atoms with Gasteiger partial charge in [0.05, 0.1) is 10.6 Å². The predicted octanol–water partition coefficient (Wildman–Crippen LogP) is 3.30. The van der Waals surface area contributed by atoms with E-state index in [2.05, 4.69) is 10.6 Å². The number of halogens is 2. The van der Waals surface area contributed by atoms with Gasteiger partial charge in [0.15, 0.2) is 5.78 Å². The number of carbonyl (C=O) groups excluding carboxylic acids is 3. The van der Waals surface area contributed by atoms with Crippen LogP contribution in [0.2, 0.25) is 5.02 Å². The summed E-state index contributed by atoms with van der Waals surface area (Å²) in [5.41, 5.74) is 1.40. The van der Waals surface area contributed by atoms with Crippen LogP contribution in [-0.2, 0) is 4.79 Å². The smallest absolute Gasteiger partial charge is 0.255 e. The van der Waals surface area contributed by atoms with Crippen molar-refractivity contribution in [2.75, 3.05) is 13.1 Å². The van der Waals surface area contributed by atoms with Gasteiger partial charge in [-0.2, -0.15) is 0 Å². The molecule has 0 fully saturated rings. The molecule has 0 unspecified atom stereocenters. The van der Waals surface area contributed by atoms with Crippen LogP contribution in [0.25, 0.3) is 0 Å². The molecule has 0 atom stereocenters. The van der Waals surface area contributed by atoms with E-state index in [1.165, 1.54) is 12.1 Å². The van der Waals surface area contributed by atoms with Gasteiger partial charge in [0.2, 0.25) is 5.91 Å². The van der Waals surface area contributed by atoms with Crippen molar-refractivity contribution in [1.82, 2.24) is 10.6 Å². The molecule has 2 N–H and O–H groups in total. The maximum absolute atomic E-state index is 13.6. The van der Waals surface area contributed by atoms with Crippen LogP contribution in [0.3, 0.4) is 0 Å². The second kappa shape index (κ2) is 9.83. The number of hydrogen-bond acceptors (Lipinski definition) is 3. The van der Waals surface area contributed by atoms with Crippen LogP contribution < -0.4 is 10.6 Å². The van der Waals surface area contributed by atoms with Gasteiger partial charge in [0, 0.05) is 31.5 Å². The zero-order chi connectivity index (χ0) is 19.8. The second-order valence-corrected chi connectivity index (χ2v) is 6.40. The van der Waals surface area contributed by atoms with E-state index >= 15 is 0 Å². The highest BCUT2D eigenvalue weighted by Gasteiger charge is 2.15. The van der Waals surface area contributed by atoms with Crippen molar-refractivity contribution in [3.05, 3.63) is 70.0 Å². The average Bonchev–Trinajstić information content (AvgIpc) is 2.63. The third-order valence-electron chi connectivity index (χ3n) is 3.88. The normalized spacial score (nSPS) is 10.3. The molecule has 0 aliphatic carbocycles. The zero-order valence-electron chi connectivity index (χ0n) is 14.9. The summed E-state index contributed by atoms with van der Waals surface area (Å²) in [5.74, 6) is -1.76. The van der Waals surface area contributed by atoms with Crippen LogP contribution in [-0.4, -0.2) is 30.7 Å². The molecule has 2 rings (SSSR count). The molecule has 0 aromatic heterocycles. The maximum Gasteiger partial charge on any atom is 0.255 e. The Bertz CT molecular complexity index is 817. The molecule has 0 aliphatic heterocycles. The lowest BCUT2D eigenvalue weighted by Crippen LogP contribution is -2.35. The zero-order valence-corrected chi connectivity index (χ0v) is 15.6. The lowest BCUT2D eigenvalue weighted by atomic mass is 10.1. The second-order valence-electron chi connectivity index (χ2n) is 5.99. The average molecular weight is 391 g/mol. The highest BCUT2D eigenvalue weighted by Crippen LogP contribution is 2.18. The van der Waals surface area contributed by atoms with E-state index < -0.39 is 11.7 Å². The fourth-order valence-corrected chi connectivity index (χ4v) is 2.63. The largest absolute Gasteiger partial charge is 0.354 e. The van der Waals surface area contributed by atoms with Crippen molar-refractivity contribution in [1.29, 1.82) is 0 Å². The Morgan fingerprint density at radius 2 is 1.63 bits per heavy atom. The van der Waals surface area contributed by atoms with Crippen LogP contribution >= 0.6 is 11.6 Å². The molecule has 0 heterocycles. The molecule has 27 heavy (non-hydrogen) atoms. The predicted molar refractivity (Wildman–Crippen MR) is 101 cm³/mol. The van der Waals surface area contributed by atoms with Gasteiger partial charge in [-0.05, 0) is 19.1 Å². The number of Topliss-reactive ketones (excluding diaryl/α,β-unsaturated/α-hetero) is 1. The molecule has 2 aromatic carbocycles. The lowest BCUT2D eigenvalue weighted by molar-refractivity contribution is -0.121. The number of aryl methyl sites for hydroxylation is 1. The van der Waals surface area contributed by atoms with Crippen molar-refractivity contribution in [2.45, 2.75) is 19.8 Å². The molecule has 0 bridgehead atoms. The molecule has 7 heteroatoms. The summed E-state index contributed by atoms with van der Waals surface area (Å²) in [7, 11) is 0. The Labute approximate surface area is 161 Å². The Kier molecular flexibility index (Phi) is 7.49. The van der Waals surface area contributed by atoms with Crippen LogP contribution in [0.5, 0.6) is 0 Å². The van der Waals surface area contributed by atoms with Crippen LogP contribution in [0, 0.1) is 12.7 Å². The quantitative estimate of drug-likeness (QED) is 0.536. The number of benzene rings is 2. The Hall–Kier alpha value is -2.73. The summed E-state index contributed by atoms with van der Waals surface area (Å²) in [5, 5.41) is 5.11. The van der Waals surface area contributed by atoms with Crippen LogP contribution in [0.15, 0.2) is 42.5 Å². The monoisotopic (exact) mass is 390 g/mol. The van der Waals surface area contributed by atoms with Crippen molar-refractivity contribution in [3.8, 4) is 0 Å². The summed E-state index contributed by atoms with van der Waals surface area (Å²) in [4.78, 5) is 35.7. The minimum absolute atomic E-state index is 0.0196. The van der Waals surface area contributed by atoms with E-state index in [0.29, 0.717) is 5.56 Å². The first kappa shape index (κ1) is 20.6. The van der Waals surface area contributed by atoms with Gasteiger partial charge in [-0.15, -0.1) is 0 Å². The number of nitrogens with one attached hydrogen (secondary N) is 2. The van der Waals surface area contributed by atoms with Crippen molar-refractivity contribution in [3.63, 3.8) is 0 Å². The van der Waals surface area contributed by atoms with Crippen LogP contribution in [0.1, 0.15) is 39.1 Å². The molecular weight excluding hydrogens is 371 g/mol. The van der Waals surface area contributed by atoms with Crippen molar-refractivity contribution >= 4 is 29.2 Å². The molecule has 0 spiro atoms. The van der Waals surface area contributed by atoms with Crippen molar-refractivity contribution in [2.24, 2.45) is 0 Å². The fraction of sp³-hybridized carbons (Fsp3) is 0.250. The number of rotatable bonds is 8. The lowest BCUT2D eigenvalue weighted by Gasteiger charge is -2.09. The van der Waals surface area contributed by atoms with Gasteiger partial charge in [-0.3, -0.25) is 14.4 Å². The summed E-state index contributed by atoms with van der Waals surface area (Å²) >= 11 is 5.82. The molecule has 0 radical (unpaired) electrons. The SMILES string of the molecule is Cc1ccc(C(=O)CCC(=O)NCCNC(=O)c2c(F)cccc2Cl)cc1. The standard InChI is InChI=1S/C20H20ClFN2O3/c1-13-5-7-14(8-6-13)17(25)9-10-18(26)23-11-12-24-20(27)19-15(21)3-2-4-16(19)22/h2-8H,9-12H2,1H3,(H,23,26)(H,24,27). The Morgan fingerprint density at radius 1 is 0.963 bits per heavy atom. The summed E-state index contributed by atoms with van der Waals surface area (Å²) in [6.45, 7) is 2.21. The number of hydrogen-bond donors (Lipinski definition) is 2. The van der Waals surface area contributed by atoms with Gasteiger partial charge in [0.1, 0.15) is 5.82 Å². The van der Waals surface area contributed by atoms with E-state index in [1.54, 1.807) is 12.1 Å². The first-order valence-electron chi connectivity index (χ1n) is 8.47. The van der Waals surface area contributed by atoms with Gasteiger partial charge in [-0.1, -0.05) is 47.5 Å². The van der Waals surface area contributed by atoms with E-state index in [1.807, 2.05) is 19.1 Å². The van der Waals surface area contributed by atoms with E-state index in [9.17, 15) is 18.8 Å². The van der Waals surface area contributed by atoms with Gasteiger partial charge in [0.25, 0.3) is 5.91 Å². The van der Waals surface area contributed by atoms with E-state index in [-0.39, 0.29) is 48.2 Å². The number of carbonyl (C=O) groups is 3. The summed E-state index contributed by atoms with van der Waals surface area (Å²) < 4.78 is 13.6. The highest BCUT2D eigenvalue weighted by atomic mass is 35.5. The first-order valence-corrected chi connectivity index (χ1v) is 8.85.